The molecule has 1 saturated heterocycles. The van der Waals surface area contributed by atoms with Crippen LogP contribution in [0, 0.1) is 0 Å². The molecule has 5 heteroatoms. The Morgan fingerprint density at radius 1 is 0.964 bits per heavy atom. The van der Waals surface area contributed by atoms with Gasteiger partial charge < -0.3 is 24.7 Å². The van der Waals surface area contributed by atoms with E-state index in [1.165, 1.54) is 12.6 Å². The molecule has 1 fully saturated rings. The minimum Gasteiger partial charge on any atom is -0.497 e. The number of hydrogen-bond acceptors (Lipinski definition) is 5. The molecule has 2 aromatic carbocycles. The molecule has 28 heavy (non-hydrogen) atoms. The number of methoxy groups -OCH3 is 2. The number of nitrogens with two attached hydrogens (primary N) is 1. The van der Waals surface area contributed by atoms with Crippen LogP contribution < -0.4 is 15.2 Å². The number of ether oxygens (including phenoxy) is 4. The third-order valence-corrected chi connectivity index (χ3v) is 5.13. The Bertz CT molecular complexity index is 677. The van der Waals surface area contributed by atoms with Gasteiger partial charge in [-0.25, -0.2) is 0 Å². The van der Waals surface area contributed by atoms with E-state index in [2.05, 4.69) is 43.0 Å². The first-order valence-electron chi connectivity index (χ1n) is 9.85. The van der Waals surface area contributed by atoms with Crippen LogP contribution in [0.15, 0.2) is 48.5 Å². The van der Waals surface area contributed by atoms with E-state index in [1.54, 1.807) is 14.2 Å². The maximum Gasteiger partial charge on any atom is 0.195 e. The van der Waals surface area contributed by atoms with E-state index in [0.717, 1.165) is 36.3 Å². The van der Waals surface area contributed by atoms with E-state index in [9.17, 15) is 0 Å². The number of rotatable bonds is 8. The molecule has 2 aromatic rings. The summed E-state index contributed by atoms with van der Waals surface area (Å²) in [4.78, 5) is 0. The highest BCUT2D eigenvalue weighted by atomic mass is 16.7. The molecule has 1 atom stereocenters. The minimum atomic E-state index is -0.732. The lowest BCUT2D eigenvalue weighted by Crippen LogP contribution is -2.28. The van der Waals surface area contributed by atoms with Crippen LogP contribution >= 0.6 is 0 Å². The summed E-state index contributed by atoms with van der Waals surface area (Å²) in [7, 11) is 4.81. The summed E-state index contributed by atoms with van der Waals surface area (Å²) < 4.78 is 23.1. The van der Waals surface area contributed by atoms with E-state index in [1.807, 2.05) is 18.2 Å². The fraction of sp³-hybridized carbons (Fsp3) is 0.478. The van der Waals surface area contributed by atoms with Gasteiger partial charge in [0, 0.05) is 18.1 Å². The van der Waals surface area contributed by atoms with Crippen LogP contribution in [0.25, 0.3) is 0 Å². The molecule has 0 spiro atoms. The first-order chi connectivity index (χ1) is 13.7. The van der Waals surface area contributed by atoms with Crippen LogP contribution in [0.2, 0.25) is 0 Å². The Morgan fingerprint density at radius 3 is 2.04 bits per heavy atom. The Hall–Kier alpha value is -2.08. The Morgan fingerprint density at radius 2 is 1.54 bits per heavy atom. The third-order valence-electron chi connectivity index (χ3n) is 5.13. The van der Waals surface area contributed by atoms with Crippen molar-refractivity contribution in [2.24, 2.45) is 5.73 Å². The lowest BCUT2D eigenvalue weighted by atomic mass is 9.88. The lowest BCUT2D eigenvalue weighted by Gasteiger charge is -2.30. The van der Waals surface area contributed by atoms with Gasteiger partial charge in [0.05, 0.1) is 27.4 Å². The Balaban J connectivity index is 0.00000136. The van der Waals surface area contributed by atoms with Crippen molar-refractivity contribution in [2.45, 2.75) is 37.9 Å². The average Bonchev–Trinajstić information content (AvgIpc) is 3.26. The molecule has 1 heterocycles. The Labute approximate surface area is 168 Å². The summed E-state index contributed by atoms with van der Waals surface area (Å²) in [6.07, 6.45) is 2.86. The summed E-state index contributed by atoms with van der Waals surface area (Å²) in [6, 6.07) is 16.5. The number of hydrogen-bond donors (Lipinski definition) is 1. The van der Waals surface area contributed by atoms with Crippen molar-refractivity contribution >= 4 is 0 Å². The molecule has 0 amide bonds. The summed E-state index contributed by atoms with van der Waals surface area (Å²) in [5.74, 6) is 1.23. The van der Waals surface area contributed by atoms with Gasteiger partial charge in [-0.2, -0.15) is 0 Å². The largest absolute Gasteiger partial charge is 0.497 e. The average molecular weight is 388 g/mol. The van der Waals surface area contributed by atoms with E-state index < -0.39 is 5.79 Å². The van der Waals surface area contributed by atoms with Crippen molar-refractivity contribution in [3.8, 4) is 11.5 Å². The topological polar surface area (TPSA) is 62.9 Å². The first-order valence-corrected chi connectivity index (χ1v) is 9.85. The second-order valence-electron chi connectivity index (χ2n) is 6.61. The molecule has 0 bridgehead atoms. The summed E-state index contributed by atoms with van der Waals surface area (Å²) in [5, 5.41) is 0. The molecule has 0 aromatic heterocycles. The molecule has 0 aliphatic carbocycles. The van der Waals surface area contributed by atoms with Gasteiger partial charge in [0.1, 0.15) is 11.5 Å². The molecule has 1 aliphatic rings. The van der Waals surface area contributed by atoms with E-state index in [4.69, 9.17) is 18.9 Å². The molecule has 154 valence electrons. The zero-order chi connectivity index (χ0) is 20.4. The molecule has 0 radical (unpaired) electrons. The fourth-order valence-electron chi connectivity index (χ4n) is 3.63. The summed E-state index contributed by atoms with van der Waals surface area (Å²) in [6.45, 7) is 3.43. The van der Waals surface area contributed by atoms with Crippen molar-refractivity contribution in [1.82, 2.24) is 0 Å². The molecule has 5 nitrogen and oxygen atoms in total. The predicted octanol–water partition coefficient (Wildman–Crippen LogP) is 4.45. The van der Waals surface area contributed by atoms with Gasteiger partial charge in [-0.1, -0.05) is 37.3 Å². The van der Waals surface area contributed by atoms with Gasteiger partial charge in [-0.05, 0) is 43.5 Å². The quantitative estimate of drug-likeness (QED) is 0.725. The van der Waals surface area contributed by atoms with Crippen LogP contribution in [0.3, 0.4) is 0 Å². The third kappa shape index (κ3) is 5.25. The molecular formula is C23H33NO4. The van der Waals surface area contributed by atoms with Crippen molar-refractivity contribution in [3.63, 3.8) is 0 Å². The maximum absolute atomic E-state index is 6.12. The fourth-order valence-corrected chi connectivity index (χ4v) is 3.63. The van der Waals surface area contributed by atoms with E-state index >= 15 is 0 Å². The van der Waals surface area contributed by atoms with Gasteiger partial charge in [0.25, 0.3) is 0 Å². The second-order valence-corrected chi connectivity index (χ2v) is 6.61. The van der Waals surface area contributed by atoms with Crippen LogP contribution in [0.1, 0.15) is 43.2 Å². The van der Waals surface area contributed by atoms with Gasteiger partial charge in [0.2, 0.25) is 0 Å². The lowest BCUT2D eigenvalue weighted by molar-refractivity contribution is -0.172. The van der Waals surface area contributed by atoms with Crippen molar-refractivity contribution in [3.05, 3.63) is 59.7 Å². The van der Waals surface area contributed by atoms with Crippen molar-refractivity contribution < 1.29 is 18.9 Å². The number of benzene rings is 2. The summed E-state index contributed by atoms with van der Waals surface area (Å²) in [5.41, 5.74) is 6.82. The van der Waals surface area contributed by atoms with Gasteiger partial charge in [-0.3, -0.25) is 0 Å². The maximum atomic E-state index is 6.12. The van der Waals surface area contributed by atoms with Crippen LogP contribution in [0.5, 0.6) is 11.5 Å². The molecular weight excluding hydrogens is 354 g/mol. The predicted molar refractivity (Wildman–Crippen MR) is 112 cm³/mol. The van der Waals surface area contributed by atoms with E-state index in [0.29, 0.717) is 19.1 Å². The standard InChI is InChI=1S/C22H28O4.CH5N/c1-4-17(18-8-6-5-7-9-18)10-11-22(25-12-13-26-22)19-14-20(23-2)16-21(15-19)24-3;1-2/h5-9,14-17H,4,10-13H2,1-3H3;2H2,1H3. The zero-order valence-electron chi connectivity index (χ0n) is 17.4. The first kappa shape index (κ1) is 22.2. The van der Waals surface area contributed by atoms with Crippen LogP contribution in [-0.2, 0) is 15.3 Å². The highest BCUT2D eigenvalue weighted by Crippen LogP contribution is 2.41. The molecule has 1 aliphatic heterocycles. The minimum absolute atomic E-state index is 0.480. The monoisotopic (exact) mass is 387 g/mol. The van der Waals surface area contributed by atoms with Crippen LogP contribution in [0.4, 0.5) is 0 Å². The van der Waals surface area contributed by atoms with Crippen LogP contribution in [-0.4, -0.2) is 34.5 Å². The van der Waals surface area contributed by atoms with Gasteiger partial charge >= 0.3 is 0 Å². The smallest absolute Gasteiger partial charge is 0.195 e. The molecule has 3 rings (SSSR count). The molecule has 0 saturated carbocycles. The van der Waals surface area contributed by atoms with E-state index in [-0.39, 0.29) is 0 Å². The Kier molecular flexibility index (Phi) is 8.77. The molecule has 2 N–H and O–H groups in total. The summed E-state index contributed by atoms with van der Waals surface area (Å²) >= 11 is 0. The van der Waals surface area contributed by atoms with Gasteiger partial charge in [-0.15, -0.1) is 0 Å². The van der Waals surface area contributed by atoms with Gasteiger partial charge in [0.15, 0.2) is 5.79 Å². The normalized spacial score (nSPS) is 16.0. The molecule has 1 unspecified atom stereocenters. The van der Waals surface area contributed by atoms with Crippen molar-refractivity contribution in [2.75, 3.05) is 34.5 Å². The highest BCUT2D eigenvalue weighted by Gasteiger charge is 2.39. The highest BCUT2D eigenvalue weighted by molar-refractivity contribution is 5.40. The van der Waals surface area contributed by atoms with Crippen molar-refractivity contribution in [1.29, 1.82) is 0 Å². The SMILES string of the molecule is CCC(CCC1(c2cc(OC)cc(OC)c2)OCCO1)c1ccccc1.CN. The zero-order valence-corrected chi connectivity index (χ0v) is 17.4. The second kappa shape index (κ2) is 11.1.